The lowest BCUT2D eigenvalue weighted by molar-refractivity contribution is -0.181. The minimum absolute atomic E-state index is 0.0289. The number of carbonyl (C=O) groups excluding carboxylic acids is 2. The number of alkyl halides is 3. The molecule has 8 nitrogen and oxygen atoms in total. The van der Waals surface area contributed by atoms with Gasteiger partial charge in [0.15, 0.2) is 0 Å². The number of nitrogens with zero attached hydrogens (tertiary/aromatic N) is 3. The Balaban J connectivity index is 1.80. The number of carbonyl (C=O) groups is 2. The molecule has 1 amide bonds. The minimum Gasteiger partial charge on any atom is -0.383 e. The Hall–Kier alpha value is -3.70. The van der Waals surface area contributed by atoms with Gasteiger partial charge in [-0.25, -0.2) is 9.07 Å². The Morgan fingerprint density at radius 2 is 1.80 bits per heavy atom. The first-order chi connectivity index (χ1) is 16.1. The van der Waals surface area contributed by atoms with Gasteiger partial charge in [-0.1, -0.05) is 12.1 Å². The second-order valence-electron chi connectivity index (χ2n) is 9.11. The number of hydrogen-bond acceptors (Lipinski definition) is 5. The maximum Gasteiger partial charge on any atom is 0.399 e. The molecule has 0 aliphatic carbocycles. The molecule has 0 bridgehead atoms. The molecule has 0 radical (unpaired) electrons. The van der Waals surface area contributed by atoms with E-state index in [0.717, 1.165) is 19.9 Å². The van der Waals surface area contributed by atoms with Crippen molar-refractivity contribution in [3.8, 4) is 11.3 Å². The lowest BCUT2D eigenvalue weighted by Crippen LogP contribution is -2.36. The number of hydrogen-bond donors (Lipinski definition) is 3. The largest absolute Gasteiger partial charge is 0.399 e. The predicted octanol–water partition coefficient (Wildman–Crippen LogP) is 3.87. The van der Waals surface area contributed by atoms with Gasteiger partial charge in [-0.15, -0.1) is 0 Å². The molecule has 5 N–H and O–H groups in total. The van der Waals surface area contributed by atoms with E-state index in [1.54, 1.807) is 13.8 Å². The van der Waals surface area contributed by atoms with Crippen LogP contribution in [0.1, 0.15) is 61.0 Å². The van der Waals surface area contributed by atoms with E-state index in [-0.39, 0.29) is 58.5 Å². The van der Waals surface area contributed by atoms with Crippen molar-refractivity contribution in [3.05, 3.63) is 52.6 Å². The molecule has 0 aliphatic heterocycles. The van der Waals surface area contributed by atoms with E-state index >= 15 is 0 Å². The summed E-state index contributed by atoms with van der Waals surface area (Å²) in [4.78, 5) is 24.4. The Kier molecular flexibility index (Phi) is 6.78. The summed E-state index contributed by atoms with van der Waals surface area (Å²) >= 11 is 0. The number of aromatic nitrogens is 4. The van der Waals surface area contributed by atoms with Gasteiger partial charge in [0.2, 0.25) is 0 Å². The van der Waals surface area contributed by atoms with Gasteiger partial charge in [-0.3, -0.25) is 14.7 Å². The number of rotatable bonds is 8. The van der Waals surface area contributed by atoms with Crippen LogP contribution in [0.5, 0.6) is 0 Å². The third-order valence-corrected chi connectivity index (χ3v) is 5.76. The second-order valence-corrected chi connectivity index (χ2v) is 9.11. The molecule has 3 aromatic rings. The van der Waals surface area contributed by atoms with Crippen molar-refractivity contribution < 1.29 is 27.2 Å². The molecule has 188 valence electrons. The molecule has 0 saturated carbocycles. The van der Waals surface area contributed by atoms with Crippen LogP contribution in [0, 0.1) is 5.82 Å². The number of nitrogens with two attached hydrogens (primary N) is 2. The molecule has 0 saturated heterocycles. The quantitative estimate of drug-likeness (QED) is 0.409. The molecule has 2 aromatic heterocycles. The lowest BCUT2D eigenvalue weighted by atomic mass is 9.88. The lowest BCUT2D eigenvalue weighted by Gasteiger charge is -2.25. The Labute approximate surface area is 198 Å². The fourth-order valence-corrected chi connectivity index (χ4v) is 3.53. The zero-order chi connectivity index (χ0) is 26.3. The van der Waals surface area contributed by atoms with Crippen molar-refractivity contribution in [2.45, 2.75) is 58.2 Å². The maximum atomic E-state index is 14.8. The van der Waals surface area contributed by atoms with Gasteiger partial charge in [0.1, 0.15) is 34.1 Å². The van der Waals surface area contributed by atoms with E-state index < -0.39 is 29.1 Å². The number of aromatic amines is 1. The van der Waals surface area contributed by atoms with Crippen molar-refractivity contribution >= 4 is 17.5 Å². The third kappa shape index (κ3) is 5.05. The SMILES string of the molecule is CC(C)n1nc(-c2ccc(CC(=O)Cc3cc(C(C)(C)C(F)(F)F)n[nH]3)c(F)c2)c(C(N)=O)c1N. The first-order valence-corrected chi connectivity index (χ1v) is 10.7. The molecule has 0 spiro atoms. The monoisotopic (exact) mass is 494 g/mol. The molecule has 0 aliphatic rings. The van der Waals surface area contributed by atoms with E-state index in [1.807, 2.05) is 0 Å². The van der Waals surface area contributed by atoms with Gasteiger partial charge in [-0.05, 0) is 45.4 Å². The summed E-state index contributed by atoms with van der Waals surface area (Å²) in [6.07, 6.45) is -5.06. The summed E-state index contributed by atoms with van der Waals surface area (Å²) < 4.78 is 55.9. The molecule has 2 heterocycles. The van der Waals surface area contributed by atoms with Crippen LogP contribution < -0.4 is 11.5 Å². The average Bonchev–Trinajstić information content (AvgIpc) is 3.33. The summed E-state index contributed by atoms with van der Waals surface area (Å²) in [6.45, 7) is 5.60. The van der Waals surface area contributed by atoms with Crippen molar-refractivity contribution in [2.24, 2.45) is 5.73 Å². The van der Waals surface area contributed by atoms with Gasteiger partial charge in [0.05, 0.1) is 5.69 Å². The number of anilines is 1. The topological polar surface area (TPSA) is 133 Å². The molecule has 0 unspecified atom stereocenters. The van der Waals surface area contributed by atoms with E-state index in [2.05, 4.69) is 15.3 Å². The molecule has 12 heteroatoms. The first kappa shape index (κ1) is 25.9. The Morgan fingerprint density at radius 1 is 1.14 bits per heavy atom. The van der Waals surface area contributed by atoms with Crippen LogP contribution >= 0.6 is 0 Å². The molecule has 0 fully saturated rings. The van der Waals surface area contributed by atoms with Crippen molar-refractivity contribution in [2.75, 3.05) is 5.73 Å². The van der Waals surface area contributed by atoms with Crippen LogP contribution in [-0.2, 0) is 23.1 Å². The van der Waals surface area contributed by atoms with Gasteiger partial charge >= 0.3 is 6.18 Å². The fourth-order valence-electron chi connectivity index (χ4n) is 3.53. The number of nitrogen functional groups attached to an aromatic ring is 1. The van der Waals surface area contributed by atoms with Gasteiger partial charge in [0, 0.05) is 30.1 Å². The summed E-state index contributed by atoms with van der Waals surface area (Å²) in [7, 11) is 0. The maximum absolute atomic E-state index is 14.8. The van der Waals surface area contributed by atoms with Crippen molar-refractivity contribution in [1.82, 2.24) is 20.0 Å². The highest BCUT2D eigenvalue weighted by Crippen LogP contribution is 2.39. The van der Waals surface area contributed by atoms with Crippen LogP contribution in [0.2, 0.25) is 0 Å². The van der Waals surface area contributed by atoms with E-state index in [0.29, 0.717) is 0 Å². The van der Waals surface area contributed by atoms with E-state index in [1.165, 1.54) is 22.9 Å². The summed E-state index contributed by atoms with van der Waals surface area (Å²) in [5.41, 5.74) is 9.62. The third-order valence-electron chi connectivity index (χ3n) is 5.76. The normalized spacial score (nSPS) is 12.4. The highest BCUT2D eigenvalue weighted by atomic mass is 19.4. The number of Topliss-reactive ketones (excluding diaryl/α,β-unsaturated/α-hetero) is 1. The zero-order valence-electron chi connectivity index (χ0n) is 19.6. The minimum atomic E-state index is -4.52. The molecule has 0 atom stereocenters. The van der Waals surface area contributed by atoms with Gasteiger partial charge in [-0.2, -0.15) is 23.4 Å². The molecule has 1 aromatic carbocycles. The molecule has 35 heavy (non-hydrogen) atoms. The average molecular weight is 494 g/mol. The Bertz CT molecular complexity index is 1270. The molecule has 3 rings (SSSR count). The first-order valence-electron chi connectivity index (χ1n) is 10.7. The molecular weight excluding hydrogens is 468 g/mol. The smallest absolute Gasteiger partial charge is 0.383 e. The standard InChI is InChI=1S/C23H26F4N6O2/c1-11(2)33-20(28)18(21(29)35)19(32-33)13-6-5-12(16(24)8-13)7-15(34)9-14-10-17(31-30-14)22(3,4)23(25,26)27/h5-6,8,10-11H,7,9,28H2,1-4H3,(H2,29,35)(H,30,31). The highest BCUT2D eigenvalue weighted by Gasteiger charge is 2.50. The van der Waals surface area contributed by atoms with Crippen LogP contribution in [0.4, 0.5) is 23.4 Å². The van der Waals surface area contributed by atoms with Crippen LogP contribution in [-0.4, -0.2) is 37.8 Å². The number of nitrogens with one attached hydrogen (secondary N) is 1. The van der Waals surface area contributed by atoms with E-state index in [4.69, 9.17) is 11.5 Å². The predicted molar refractivity (Wildman–Crippen MR) is 121 cm³/mol. The molecular formula is C23H26F4N6O2. The van der Waals surface area contributed by atoms with Gasteiger partial charge in [0.25, 0.3) is 5.91 Å². The number of amides is 1. The van der Waals surface area contributed by atoms with Crippen LogP contribution in [0.25, 0.3) is 11.3 Å². The van der Waals surface area contributed by atoms with E-state index in [9.17, 15) is 27.2 Å². The fraction of sp³-hybridized carbons (Fsp3) is 0.391. The van der Waals surface area contributed by atoms with Gasteiger partial charge < -0.3 is 11.5 Å². The highest BCUT2D eigenvalue weighted by molar-refractivity contribution is 6.03. The second kappa shape index (κ2) is 9.16. The van der Waals surface area contributed by atoms with Crippen LogP contribution in [0.15, 0.2) is 24.3 Å². The number of primary amides is 1. The van der Waals surface area contributed by atoms with Crippen molar-refractivity contribution in [3.63, 3.8) is 0 Å². The van der Waals surface area contributed by atoms with Crippen molar-refractivity contribution in [1.29, 1.82) is 0 Å². The summed E-state index contributed by atoms with van der Waals surface area (Å²) in [5.74, 6) is -1.89. The Morgan fingerprint density at radius 3 is 2.34 bits per heavy atom. The number of H-pyrrole nitrogens is 1. The zero-order valence-corrected chi connectivity index (χ0v) is 19.6. The number of ketones is 1. The summed E-state index contributed by atoms with van der Waals surface area (Å²) in [5, 5.41) is 10.4. The number of halogens is 4. The number of benzene rings is 1. The van der Waals surface area contributed by atoms with Crippen LogP contribution in [0.3, 0.4) is 0 Å². The summed E-state index contributed by atoms with van der Waals surface area (Å²) in [6, 6.07) is 5.01.